The lowest BCUT2D eigenvalue weighted by atomic mass is 10.3. The third-order valence-electron chi connectivity index (χ3n) is 2.55. The number of nitrogens with one attached hydrogen (secondary N) is 1. The molecule has 1 amide bonds. The van der Waals surface area contributed by atoms with Crippen molar-refractivity contribution < 1.29 is 18.7 Å². The lowest BCUT2D eigenvalue weighted by molar-refractivity contribution is -0.142. The minimum Gasteiger partial charge on any atom is -0.452 e. The van der Waals surface area contributed by atoms with Gasteiger partial charge in [-0.2, -0.15) is 0 Å². The Morgan fingerprint density at radius 1 is 1.22 bits per heavy atom. The Balaban J connectivity index is 1.84. The van der Waals surface area contributed by atoms with Crippen LogP contribution < -0.4 is 5.32 Å². The fourth-order valence-electron chi connectivity index (χ4n) is 1.55. The van der Waals surface area contributed by atoms with Gasteiger partial charge in [-0.05, 0) is 46.3 Å². The monoisotopic (exact) mass is 417 g/mol. The predicted octanol–water partition coefficient (Wildman–Crippen LogP) is 4.54. The van der Waals surface area contributed by atoms with E-state index in [4.69, 9.17) is 32.4 Å². The van der Waals surface area contributed by atoms with Gasteiger partial charge in [0, 0.05) is 6.08 Å². The number of carbonyl (C=O) groups excluding carboxylic acids is 2. The van der Waals surface area contributed by atoms with Gasteiger partial charge in [0.15, 0.2) is 11.3 Å². The molecule has 0 saturated carbocycles. The predicted molar refractivity (Wildman–Crippen MR) is 91.5 cm³/mol. The number of hydrogen-bond acceptors (Lipinski definition) is 4. The van der Waals surface area contributed by atoms with Gasteiger partial charge < -0.3 is 14.5 Å². The molecule has 0 fully saturated rings. The Bertz CT molecular complexity index is 737. The van der Waals surface area contributed by atoms with Crippen LogP contribution in [0.2, 0.25) is 10.0 Å². The molecule has 0 aliphatic carbocycles. The van der Waals surface area contributed by atoms with Crippen molar-refractivity contribution in [2.45, 2.75) is 0 Å². The van der Waals surface area contributed by atoms with E-state index >= 15 is 0 Å². The first-order valence-corrected chi connectivity index (χ1v) is 7.84. The Labute approximate surface area is 150 Å². The second-order valence-corrected chi connectivity index (χ2v) is 5.82. The maximum atomic E-state index is 11.7. The standard InChI is InChI=1S/C15H10BrCl2NO4/c16-12-6-4-9(23-12)5-7-14(21)22-8-13(20)19-15-10(17)2-1-3-11(15)18/h1-7H,8H2,(H,19,20). The maximum absolute atomic E-state index is 11.7. The van der Waals surface area contributed by atoms with Gasteiger partial charge in [0.2, 0.25) is 0 Å². The van der Waals surface area contributed by atoms with Crippen LogP contribution in [0, 0.1) is 0 Å². The molecule has 0 radical (unpaired) electrons. The molecule has 5 nitrogen and oxygen atoms in total. The lowest BCUT2D eigenvalue weighted by Gasteiger charge is -2.08. The molecule has 0 saturated heterocycles. The van der Waals surface area contributed by atoms with E-state index in [9.17, 15) is 9.59 Å². The van der Waals surface area contributed by atoms with E-state index in [0.717, 1.165) is 6.08 Å². The van der Waals surface area contributed by atoms with Crippen molar-refractivity contribution in [3.63, 3.8) is 0 Å². The Morgan fingerprint density at radius 2 is 1.91 bits per heavy atom. The third-order valence-corrected chi connectivity index (χ3v) is 3.61. The fraction of sp³-hybridized carbons (Fsp3) is 0.0667. The molecule has 0 bridgehead atoms. The van der Waals surface area contributed by atoms with Gasteiger partial charge in [0.05, 0.1) is 15.7 Å². The van der Waals surface area contributed by atoms with E-state index in [0.29, 0.717) is 20.5 Å². The van der Waals surface area contributed by atoms with Crippen LogP contribution in [-0.4, -0.2) is 18.5 Å². The van der Waals surface area contributed by atoms with Gasteiger partial charge in [-0.25, -0.2) is 4.79 Å². The Kier molecular flexibility index (Phi) is 6.27. The number of furan rings is 1. The number of benzene rings is 1. The summed E-state index contributed by atoms with van der Waals surface area (Å²) in [7, 11) is 0. The van der Waals surface area contributed by atoms with Crippen LogP contribution in [0.3, 0.4) is 0 Å². The number of anilines is 1. The first-order chi connectivity index (χ1) is 11.0. The highest BCUT2D eigenvalue weighted by Crippen LogP contribution is 2.29. The zero-order chi connectivity index (χ0) is 16.8. The zero-order valence-corrected chi connectivity index (χ0v) is 14.6. The van der Waals surface area contributed by atoms with Gasteiger partial charge >= 0.3 is 5.97 Å². The van der Waals surface area contributed by atoms with E-state index in [-0.39, 0.29) is 5.69 Å². The molecule has 8 heteroatoms. The molecule has 23 heavy (non-hydrogen) atoms. The summed E-state index contributed by atoms with van der Waals surface area (Å²) in [4.78, 5) is 23.3. The molecule has 1 aromatic carbocycles. The summed E-state index contributed by atoms with van der Waals surface area (Å²) in [6, 6.07) is 8.17. The lowest BCUT2D eigenvalue weighted by Crippen LogP contribution is -2.20. The number of rotatable bonds is 5. The van der Waals surface area contributed by atoms with Crippen molar-refractivity contribution in [3.05, 3.63) is 56.9 Å². The first-order valence-electron chi connectivity index (χ1n) is 6.30. The van der Waals surface area contributed by atoms with Gasteiger partial charge in [-0.15, -0.1) is 0 Å². The van der Waals surface area contributed by atoms with Crippen molar-refractivity contribution in [1.29, 1.82) is 0 Å². The second kappa shape index (κ2) is 8.19. The normalized spacial score (nSPS) is 10.7. The van der Waals surface area contributed by atoms with Crippen molar-refractivity contribution in [2.24, 2.45) is 0 Å². The minimum atomic E-state index is -0.682. The molecule has 2 aromatic rings. The van der Waals surface area contributed by atoms with Crippen LogP contribution in [0.4, 0.5) is 5.69 Å². The van der Waals surface area contributed by atoms with E-state index in [1.54, 1.807) is 30.3 Å². The highest BCUT2D eigenvalue weighted by Gasteiger charge is 2.11. The molecule has 0 unspecified atom stereocenters. The summed E-state index contributed by atoms with van der Waals surface area (Å²) in [6.45, 7) is -0.466. The van der Waals surface area contributed by atoms with Crippen molar-refractivity contribution >= 4 is 62.8 Å². The molecular weight excluding hydrogens is 409 g/mol. The van der Waals surface area contributed by atoms with E-state index < -0.39 is 18.5 Å². The Hall–Kier alpha value is -1.76. The average Bonchev–Trinajstić information content (AvgIpc) is 2.92. The number of hydrogen-bond donors (Lipinski definition) is 1. The zero-order valence-electron chi connectivity index (χ0n) is 11.5. The highest BCUT2D eigenvalue weighted by molar-refractivity contribution is 9.10. The first kappa shape index (κ1) is 17.6. The van der Waals surface area contributed by atoms with E-state index in [1.807, 2.05) is 0 Å². The van der Waals surface area contributed by atoms with Gasteiger partial charge in [0.25, 0.3) is 5.91 Å². The minimum absolute atomic E-state index is 0.271. The van der Waals surface area contributed by atoms with Crippen LogP contribution in [-0.2, 0) is 14.3 Å². The van der Waals surface area contributed by atoms with Crippen LogP contribution in [0.15, 0.2) is 45.5 Å². The van der Waals surface area contributed by atoms with E-state index in [1.165, 1.54) is 6.08 Å². The summed E-state index contributed by atoms with van der Waals surface area (Å²) in [6.07, 6.45) is 2.58. The molecule has 0 atom stereocenters. The van der Waals surface area contributed by atoms with Crippen LogP contribution in [0.25, 0.3) is 6.08 Å². The smallest absolute Gasteiger partial charge is 0.331 e. The number of halogens is 3. The maximum Gasteiger partial charge on any atom is 0.331 e. The number of amides is 1. The van der Waals surface area contributed by atoms with E-state index in [2.05, 4.69) is 21.2 Å². The average molecular weight is 419 g/mol. The number of para-hydroxylation sites is 1. The molecule has 0 aliphatic heterocycles. The number of carbonyl (C=O) groups is 2. The quantitative estimate of drug-likeness (QED) is 0.571. The molecule has 120 valence electrons. The fourth-order valence-corrected chi connectivity index (χ4v) is 2.36. The van der Waals surface area contributed by atoms with Crippen LogP contribution in [0.1, 0.15) is 5.76 Å². The molecule has 0 aliphatic rings. The molecule has 2 rings (SSSR count). The second-order valence-electron chi connectivity index (χ2n) is 4.23. The SMILES string of the molecule is O=C(COC(=O)C=Cc1ccc(Br)o1)Nc1c(Cl)cccc1Cl. The van der Waals surface area contributed by atoms with Crippen molar-refractivity contribution in [1.82, 2.24) is 0 Å². The van der Waals surface area contributed by atoms with Crippen LogP contribution >= 0.6 is 39.1 Å². The summed E-state index contributed by atoms with van der Waals surface area (Å²) in [5.74, 6) is -0.762. The number of esters is 1. The topological polar surface area (TPSA) is 68.5 Å². The molecule has 1 heterocycles. The third kappa shape index (κ3) is 5.42. The number of ether oxygens (including phenoxy) is 1. The summed E-state index contributed by atoms with van der Waals surface area (Å²) in [5, 5.41) is 3.07. The highest BCUT2D eigenvalue weighted by atomic mass is 79.9. The van der Waals surface area contributed by atoms with Gasteiger partial charge in [-0.3, -0.25) is 4.79 Å². The summed E-state index contributed by atoms with van der Waals surface area (Å²) >= 11 is 15.0. The van der Waals surface area contributed by atoms with Gasteiger partial charge in [-0.1, -0.05) is 29.3 Å². The van der Waals surface area contributed by atoms with Crippen LogP contribution in [0.5, 0.6) is 0 Å². The summed E-state index contributed by atoms with van der Waals surface area (Å²) in [5.41, 5.74) is 0.271. The molecule has 1 aromatic heterocycles. The molecule has 0 spiro atoms. The van der Waals surface area contributed by atoms with Crippen molar-refractivity contribution in [2.75, 3.05) is 11.9 Å². The van der Waals surface area contributed by atoms with Crippen molar-refractivity contribution in [3.8, 4) is 0 Å². The molecule has 1 N–H and O–H groups in total. The molecular formula is C15H10BrCl2NO4. The Morgan fingerprint density at radius 3 is 2.52 bits per heavy atom. The van der Waals surface area contributed by atoms with Gasteiger partial charge in [0.1, 0.15) is 5.76 Å². The summed E-state index contributed by atoms with van der Waals surface area (Å²) < 4.78 is 10.5. The largest absolute Gasteiger partial charge is 0.452 e.